The highest BCUT2D eigenvalue weighted by Crippen LogP contribution is 2.36. The average molecular weight is 303 g/mol. The Balaban J connectivity index is 2.18. The smallest absolute Gasteiger partial charge is 0.196 e. The van der Waals surface area contributed by atoms with E-state index in [0.717, 1.165) is 21.9 Å². The number of nitrogens with zero attached hydrogens (tertiary/aromatic N) is 2. The van der Waals surface area contributed by atoms with Gasteiger partial charge in [-0.25, -0.2) is 4.98 Å². The van der Waals surface area contributed by atoms with Crippen LogP contribution in [-0.4, -0.2) is 23.6 Å². The number of imidazole rings is 1. The number of methoxy groups -OCH3 is 2. The number of aryl methyl sites for hydroxylation is 2. The highest BCUT2D eigenvalue weighted by molar-refractivity contribution is 7.17. The van der Waals surface area contributed by atoms with Crippen LogP contribution in [0.4, 0.5) is 5.82 Å². The third kappa shape index (κ3) is 2.03. The molecule has 21 heavy (non-hydrogen) atoms. The van der Waals surface area contributed by atoms with E-state index in [-0.39, 0.29) is 0 Å². The van der Waals surface area contributed by atoms with Crippen LogP contribution in [0.15, 0.2) is 18.2 Å². The summed E-state index contributed by atoms with van der Waals surface area (Å²) in [5.74, 6) is 2.01. The first kappa shape index (κ1) is 13.8. The molecule has 0 aliphatic heterocycles. The predicted octanol–water partition coefficient (Wildman–Crippen LogP) is 3.28. The molecule has 6 heteroatoms. The molecule has 1 aromatic carbocycles. The number of rotatable bonds is 3. The molecule has 0 radical (unpaired) electrons. The molecule has 3 rings (SSSR count). The monoisotopic (exact) mass is 303 g/mol. The van der Waals surface area contributed by atoms with Crippen LogP contribution in [0.5, 0.6) is 11.5 Å². The molecular weight excluding hydrogens is 286 g/mol. The molecule has 0 saturated heterocycles. The Kier molecular flexibility index (Phi) is 3.25. The van der Waals surface area contributed by atoms with Crippen molar-refractivity contribution in [1.29, 1.82) is 0 Å². The van der Waals surface area contributed by atoms with Crippen molar-refractivity contribution in [2.45, 2.75) is 13.8 Å². The number of benzene rings is 1. The summed E-state index contributed by atoms with van der Waals surface area (Å²) >= 11 is 1.64. The molecule has 2 heterocycles. The maximum absolute atomic E-state index is 6.28. The van der Waals surface area contributed by atoms with Gasteiger partial charge >= 0.3 is 0 Å². The lowest BCUT2D eigenvalue weighted by atomic mass is 10.1. The van der Waals surface area contributed by atoms with Crippen LogP contribution in [0, 0.1) is 13.8 Å². The van der Waals surface area contributed by atoms with Crippen LogP contribution in [0.1, 0.15) is 10.6 Å². The van der Waals surface area contributed by atoms with Crippen LogP contribution in [0.3, 0.4) is 0 Å². The number of nitrogens with two attached hydrogens (primary N) is 1. The van der Waals surface area contributed by atoms with Gasteiger partial charge in [-0.3, -0.25) is 4.40 Å². The van der Waals surface area contributed by atoms with E-state index in [1.54, 1.807) is 25.6 Å². The Bertz CT molecular complexity index is 820. The van der Waals surface area contributed by atoms with E-state index < -0.39 is 0 Å². The van der Waals surface area contributed by atoms with E-state index in [1.807, 2.05) is 22.6 Å². The summed E-state index contributed by atoms with van der Waals surface area (Å²) in [4.78, 5) is 6.79. The van der Waals surface area contributed by atoms with Crippen molar-refractivity contribution < 1.29 is 9.47 Å². The third-order valence-electron chi connectivity index (χ3n) is 3.63. The Morgan fingerprint density at radius 1 is 1.14 bits per heavy atom. The fourth-order valence-corrected chi connectivity index (χ4v) is 3.35. The van der Waals surface area contributed by atoms with Gasteiger partial charge in [0.25, 0.3) is 0 Å². The summed E-state index contributed by atoms with van der Waals surface area (Å²) in [5.41, 5.74) is 9.10. The molecule has 2 aromatic heterocycles. The minimum absolute atomic E-state index is 0.652. The molecule has 0 spiro atoms. The maximum Gasteiger partial charge on any atom is 0.196 e. The van der Waals surface area contributed by atoms with Crippen LogP contribution >= 0.6 is 11.3 Å². The summed E-state index contributed by atoms with van der Waals surface area (Å²) in [6.07, 6.45) is 0. The number of thiazole rings is 1. The molecule has 0 aliphatic rings. The number of ether oxygens (including phenoxy) is 2. The number of fused-ring (bicyclic) bond motifs is 1. The molecule has 2 N–H and O–H groups in total. The van der Waals surface area contributed by atoms with E-state index in [9.17, 15) is 0 Å². The number of nitrogen functional groups attached to an aromatic ring is 1. The van der Waals surface area contributed by atoms with E-state index in [2.05, 4.69) is 18.8 Å². The fraction of sp³-hybridized carbons (Fsp3) is 0.267. The lowest BCUT2D eigenvalue weighted by Gasteiger charge is -2.09. The van der Waals surface area contributed by atoms with Gasteiger partial charge in [0.15, 0.2) is 16.5 Å². The van der Waals surface area contributed by atoms with Crippen molar-refractivity contribution in [3.8, 4) is 22.8 Å². The molecule has 5 nitrogen and oxygen atoms in total. The summed E-state index contributed by atoms with van der Waals surface area (Å²) in [5, 5.41) is 0. The Morgan fingerprint density at radius 3 is 2.48 bits per heavy atom. The van der Waals surface area contributed by atoms with E-state index in [0.29, 0.717) is 17.3 Å². The molecule has 110 valence electrons. The second-order valence-electron chi connectivity index (χ2n) is 4.78. The van der Waals surface area contributed by atoms with E-state index in [4.69, 9.17) is 15.2 Å². The molecule has 0 amide bonds. The summed E-state index contributed by atoms with van der Waals surface area (Å²) in [6, 6.07) is 5.69. The quantitative estimate of drug-likeness (QED) is 0.806. The summed E-state index contributed by atoms with van der Waals surface area (Å²) in [6.45, 7) is 4.12. The highest BCUT2D eigenvalue weighted by Gasteiger charge is 2.17. The molecule has 3 aromatic rings. The Labute approximate surface area is 126 Å². The van der Waals surface area contributed by atoms with Crippen molar-refractivity contribution in [3.05, 3.63) is 28.8 Å². The summed E-state index contributed by atoms with van der Waals surface area (Å²) in [7, 11) is 3.23. The van der Waals surface area contributed by atoms with Gasteiger partial charge in [-0.1, -0.05) is 0 Å². The standard InChI is InChI=1S/C15H17N3O2S/c1-8-9(2)21-15-17-13(14(16)18(8)15)10-5-6-11(19-3)12(7-10)20-4/h5-7H,16H2,1-4H3. The average Bonchev–Trinajstić information content (AvgIpc) is 2.96. The zero-order valence-corrected chi connectivity index (χ0v) is 13.2. The molecular formula is C15H17N3O2S. The second-order valence-corrected chi connectivity index (χ2v) is 5.96. The molecule has 0 saturated carbocycles. The van der Waals surface area contributed by atoms with Gasteiger partial charge in [-0.15, -0.1) is 11.3 Å². The number of aromatic nitrogens is 2. The third-order valence-corrected chi connectivity index (χ3v) is 4.69. The zero-order valence-electron chi connectivity index (χ0n) is 12.4. The van der Waals surface area contributed by atoms with Gasteiger partial charge in [-0.2, -0.15) is 0 Å². The largest absolute Gasteiger partial charge is 0.493 e. The maximum atomic E-state index is 6.28. The van der Waals surface area contributed by atoms with Gasteiger partial charge in [0.2, 0.25) is 0 Å². The minimum atomic E-state index is 0.652. The van der Waals surface area contributed by atoms with Crippen molar-refractivity contribution in [2.24, 2.45) is 0 Å². The second kappa shape index (κ2) is 4.96. The topological polar surface area (TPSA) is 61.8 Å². The van der Waals surface area contributed by atoms with Gasteiger partial charge in [-0.05, 0) is 32.0 Å². The number of hydrogen-bond acceptors (Lipinski definition) is 5. The minimum Gasteiger partial charge on any atom is -0.493 e. The highest BCUT2D eigenvalue weighted by atomic mass is 32.1. The number of anilines is 1. The lowest BCUT2D eigenvalue weighted by molar-refractivity contribution is 0.355. The van der Waals surface area contributed by atoms with Crippen LogP contribution < -0.4 is 15.2 Å². The van der Waals surface area contributed by atoms with Crippen molar-refractivity contribution in [2.75, 3.05) is 20.0 Å². The van der Waals surface area contributed by atoms with Gasteiger partial charge in [0.1, 0.15) is 11.5 Å². The van der Waals surface area contributed by atoms with Crippen molar-refractivity contribution >= 4 is 22.1 Å². The number of hydrogen-bond donors (Lipinski definition) is 1. The van der Waals surface area contributed by atoms with Gasteiger partial charge < -0.3 is 15.2 Å². The molecule has 0 unspecified atom stereocenters. The van der Waals surface area contributed by atoms with Crippen LogP contribution in [0.25, 0.3) is 16.2 Å². The normalized spacial score (nSPS) is 11.0. The molecule has 0 fully saturated rings. The van der Waals surface area contributed by atoms with Gasteiger partial charge in [0.05, 0.1) is 14.2 Å². The van der Waals surface area contributed by atoms with Crippen molar-refractivity contribution in [1.82, 2.24) is 9.38 Å². The van der Waals surface area contributed by atoms with E-state index in [1.165, 1.54) is 4.88 Å². The lowest BCUT2D eigenvalue weighted by Crippen LogP contribution is -1.96. The first-order chi connectivity index (χ1) is 10.1. The first-order valence-electron chi connectivity index (χ1n) is 6.53. The van der Waals surface area contributed by atoms with Crippen LogP contribution in [-0.2, 0) is 0 Å². The Morgan fingerprint density at radius 2 is 1.86 bits per heavy atom. The molecule has 0 bridgehead atoms. The fourth-order valence-electron chi connectivity index (χ4n) is 2.37. The van der Waals surface area contributed by atoms with Gasteiger partial charge in [0, 0.05) is 16.1 Å². The first-order valence-corrected chi connectivity index (χ1v) is 7.34. The molecule has 0 aliphatic carbocycles. The predicted molar refractivity (Wildman–Crippen MR) is 85.5 cm³/mol. The zero-order chi connectivity index (χ0) is 15.1. The SMILES string of the molecule is COc1ccc(-c2nc3sc(C)c(C)n3c2N)cc1OC. The van der Waals surface area contributed by atoms with Crippen molar-refractivity contribution in [3.63, 3.8) is 0 Å². The molecule has 0 atom stereocenters. The van der Waals surface area contributed by atoms with Crippen LogP contribution in [0.2, 0.25) is 0 Å². The summed E-state index contributed by atoms with van der Waals surface area (Å²) < 4.78 is 12.6. The Hall–Kier alpha value is -2.21. The van der Waals surface area contributed by atoms with E-state index >= 15 is 0 Å².